The van der Waals surface area contributed by atoms with Crippen LogP contribution in [-0.4, -0.2) is 48.0 Å². The fourth-order valence-corrected chi connectivity index (χ4v) is 4.40. The summed E-state index contributed by atoms with van der Waals surface area (Å²) in [6.07, 6.45) is 11.1. The SMILES string of the molecule is COC(=O)CCCCCCCCC(=O)Oc1ccc(N=Nc2ccc([N+](=O)[O-])cc2)c(OC(=O)CCCCCCCCC(=O)OC)n1. The molecule has 0 amide bonds. The molecule has 0 N–H and O–H groups in total. The number of azo groups is 1. The Bertz CT molecular complexity index is 1330. The molecule has 0 atom stereocenters. The molecule has 1 aromatic carbocycles. The molecular weight excluding hydrogens is 612 g/mol. The van der Waals surface area contributed by atoms with Crippen LogP contribution in [0.25, 0.3) is 0 Å². The number of methoxy groups -OCH3 is 2. The first-order valence-corrected chi connectivity index (χ1v) is 15.9. The summed E-state index contributed by atoms with van der Waals surface area (Å²) in [6.45, 7) is 0. The van der Waals surface area contributed by atoms with Gasteiger partial charge in [0.05, 0.1) is 24.8 Å². The molecule has 0 radical (unpaired) electrons. The summed E-state index contributed by atoms with van der Waals surface area (Å²) in [4.78, 5) is 62.0. The number of unbranched alkanes of at least 4 members (excludes halogenated alkanes) is 10. The Balaban J connectivity index is 1.91. The van der Waals surface area contributed by atoms with E-state index in [9.17, 15) is 29.3 Å². The summed E-state index contributed by atoms with van der Waals surface area (Å²) in [7, 11) is 2.74. The molecule has 14 nitrogen and oxygen atoms in total. The van der Waals surface area contributed by atoms with Gasteiger partial charge in [-0.1, -0.05) is 51.4 Å². The van der Waals surface area contributed by atoms with E-state index in [-0.39, 0.29) is 47.9 Å². The maximum absolute atomic E-state index is 12.7. The van der Waals surface area contributed by atoms with Crippen LogP contribution in [0.5, 0.6) is 11.8 Å². The van der Waals surface area contributed by atoms with E-state index in [0.717, 1.165) is 64.2 Å². The fourth-order valence-electron chi connectivity index (χ4n) is 4.40. The van der Waals surface area contributed by atoms with Crippen LogP contribution in [0.15, 0.2) is 46.6 Å². The molecule has 0 saturated carbocycles. The van der Waals surface area contributed by atoms with Crippen molar-refractivity contribution in [2.75, 3.05) is 14.2 Å². The number of non-ortho nitro benzene ring substituents is 1. The summed E-state index contributed by atoms with van der Waals surface area (Å²) in [5.41, 5.74) is 0.343. The first-order chi connectivity index (χ1) is 22.7. The van der Waals surface area contributed by atoms with Crippen LogP contribution in [0.4, 0.5) is 17.1 Å². The molecule has 0 saturated heterocycles. The molecular formula is C33H44N4O10. The first kappa shape index (κ1) is 38.4. The monoisotopic (exact) mass is 656 g/mol. The second kappa shape index (κ2) is 22.7. The van der Waals surface area contributed by atoms with Crippen LogP contribution < -0.4 is 9.47 Å². The Morgan fingerprint density at radius 1 is 0.617 bits per heavy atom. The fraction of sp³-hybridized carbons (Fsp3) is 0.545. The van der Waals surface area contributed by atoms with E-state index >= 15 is 0 Å². The highest BCUT2D eigenvalue weighted by Gasteiger charge is 2.15. The lowest BCUT2D eigenvalue weighted by atomic mass is 10.1. The van der Waals surface area contributed by atoms with E-state index in [1.54, 1.807) is 0 Å². The summed E-state index contributed by atoms with van der Waals surface area (Å²) in [5, 5.41) is 19.1. The Hall–Kier alpha value is -4.75. The van der Waals surface area contributed by atoms with Crippen molar-refractivity contribution in [2.24, 2.45) is 10.2 Å². The number of benzene rings is 1. The van der Waals surface area contributed by atoms with Gasteiger partial charge in [0.25, 0.3) is 11.6 Å². The third-order valence-corrected chi connectivity index (χ3v) is 7.06. The predicted molar refractivity (Wildman–Crippen MR) is 171 cm³/mol. The van der Waals surface area contributed by atoms with Crippen molar-refractivity contribution in [1.29, 1.82) is 0 Å². The average molecular weight is 657 g/mol. The number of rotatable bonds is 23. The number of aromatic nitrogens is 1. The van der Waals surface area contributed by atoms with Crippen molar-refractivity contribution in [3.63, 3.8) is 0 Å². The number of carbonyl (C=O) groups excluding carboxylic acids is 4. The van der Waals surface area contributed by atoms with Gasteiger partial charge in [0.1, 0.15) is 5.69 Å². The predicted octanol–water partition coefficient (Wildman–Crippen LogP) is 7.80. The van der Waals surface area contributed by atoms with Crippen molar-refractivity contribution >= 4 is 40.9 Å². The van der Waals surface area contributed by atoms with E-state index < -0.39 is 16.9 Å². The molecule has 0 fully saturated rings. The second-order valence-electron chi connectivity index (χ2n) is 10.8. The third-order valence-electron chi connectivity index (χ3n) is 7.06. The smallest absolute Gasteiger partial charge is 0.312 e. The standard InChI is InChI=1S/C33H44N4O10/c1-44-29(38)15-11-7-3-5-9-13-17-31(40)46-28-24-23-27(36-35-25-19-21-26(22-20-25)37(42)43)33(34-28)47-32(41)18-14-10-6-4-8-12-16-30(39)45-2/h19-24H,3-18H2,1-2H3. The molecule has 14 heteroatoms. The lowest BCUT2D eigenvalue weighted by Crippen LogP contribution is -2.11. The molecule has 47 heavy (non-hydrogen) atoms. The summed E-state index contributed by atoms with van der Waals surface area (Å²) in [6, 6.07) is 8.31. The molecule has 2 rings (SSSR count). The molecule has 0 bridgehead atoms. The molecule has 2 aromatic rings. The zero-order valence-electron chi connectivity index (χ0n) is 27.1. The van der Waals surface area contributed by atoms with Crippen LogP contribution in [0, 0.1) is 10.1 Å². The number of nitrogens with zero attached hydrogens (tertiary/aromatic N) is 4. The highest BCUT2D eigenvalue weighted by atomic mass is 16.6. The van der Waals surface area contributed by atoms with E-state index in [1.807, 2.05) is 0 Å². The minimum atomic E-state index is -0.537. The van der Waals surface area contributed by atoms with Crippen LogP contribution in [-0.2, 0) is 28.7 Å². The van der Waals surface area contributed by atoms with Crippen LogP contribution in [0.1, 0.15) is 103 Å². The first-order valence-electron chi connectivity index (χ1n) is 15.9. The van der Waals surface area contributed by atoms with E-state index in [0.29, 0.717) is 31.4 Å². The van der Waals surface area contributed by atoms with Crippen molar-refractivity contribution in [2.45, 2.75) is 103 Å². The topological polar surface area (TPSA) is 186 Å². The maximum Gasteiger partial charge on any atom is 0.312 e. The number of nitro groups is 1. The van der Waals surface area contributed by atoms with Gasteiger partial charge in [-0.05, 0) is 43.9 Å². The van der Waals surface area contributed by atoms with Crippen molar-refractivity contribution in [1.82, 2.24) is 4.98 Å². The van der Waals surface area contributed by atoms with Gasteiger partial charge >= 0.3 is 23.9 Å². The summed E-state index contributed by atoms with van der Waals surface area (Å²) >= 11 is 0. The Morgan fingerprint density at radius 2 is 1.06 bits per heavy atom. The number of ether oxygens (including phenoxy) is 4. The van der Waals surface area contributed by atoms with Gasteiger partial charge < -0.3 is 18.9 Å². The molecule has 0 spiro atoms. The van der Waals surface area contributed by atoms with Gasteiger partial charge in [0.15, 0.2) is 0 Å². The van der Waals surface area contributed by atoms with Crippen LogP contribution >= 0.6 is 0 Å². The van der Waals surface area contributed by atoms with Gasteiger partial charge in [-0.3, -0.25) is 29.3 Å². The Kier molecular flexibility index (Phi) is 18.6. The lowest BCUT2D eigenvalue weighted by Gasteiger charge is -2.09. The Labute approximate surface area is 274 Å². The largest absolute Gasteiger partial charge is 0.469 e. The van der Waals surface area contributed by atoms with Crippen LogP contribution in [0.3, 0.4) is 0 Å². The molecule has 0 unspecified atom stereocenters. The van der Waals surface area contributed by atoms with E-state index in [4.69, 9.17) is 9.47 Å². The average Bonchev–Trinajstić information content (AvgIpc) is 3.06. The van der Waals surface area contributed by atoms with Crippen molar-refractivity contribution in [3.8, 4) is 11.8 Å². The minimum absolute atomic E-state index is 0.0538. The molecule has 0 aliphatic rings. The number of hydrogen-bond acceptors (Lipinski definition) is 13. The highest BCUT2D eigenvalue weighted by molar-refractivity contribution is 5.74. The zero-order valence-corrected chi connectivity index (χ0v) is 27.1. The van der Waals surface area contributed by atoms with E-state index in [1.165, 1.54) is 50.6 Å². The van der Waals surface area contributed by atoms with Crippen molar-refractivity contribution in [3.05, 3.63) is 46.5 Å². The van der Waals surface area contributed by atoms with Gasteiger partial charge in [-0.2, -0.15) is 10.1 Å². The van der Waals surface area contributed by atoms with Gasteiger partial charge in [0, 0.05) is 43.9 Å². The molecule has 1 aromatic heterocycles. The number of esters is 4. The third kappa shape index (κ3) is 16.9. The number of hydrogen-bond donors (Lipinski definition) is 0. The normalized spacial score (nSPS) is 10.9. The summed E-state index contributed by atoms with van der Waals surface area (Å²) in [5.74, 6) is -1.68. The van der Waals surface area contributed by atoms with Crippen molar-refractivity contribution < 1.29 is 43.0 Å². The van der Waals surface area contributed by atoms with Crippen LogP contribution in [0.2, 0.25) is 0 Å². The van der Waals surface area contributed by atoms with Gasteiger partial charge in [-0.25, -0.2) is 0 Å². The number of pyridine rings is 1. The Morgan fingerprint density at radius 3 is 1.53 bits per heavy atom. The zero-order chi connectivity index (χ0) is 34.3. The van der Waals surface area contributed by atoms with Gasteiger partial charge in [0.2, 0.25) is 5.88 Å². The quantitative estimate of drug-likeness (QED) is 0.0373. The molecule has 1 heterocycles. The molecule has 0 aliphatic carbocycles. The van der Waals surface area contributed by atoms with Gasteiger partial charge in [-0.15, -0.1) is 5.11 Å². The van der Waals surface area contributed by atoms with E-state index in [2.05, 4.69) is 24.7 Å². The number of nitro benzene ring substituents is 1. The second-order valence-corrected chi connectivity index (χ2v) is 10.8. The molecule has 0 aliphatic heterocycles. The lowest BCUT2D eigenvalue weighted by molar-refractivity contribution is -0.384. The summed E-state index contributed by atoms with van der Waals surface area (Å²) < 4.78 is 20.1. The molecule has 256 valence electrons. The number of carbonyl (C=O) groups is 4. The minimum Gasteiger partial charge on any atom is -0.469 e. The maximum atomic E-state index is 12.7. The highest BCUT2D eigenvalue weighted by Crippen LogP contribution is 2.31.